The Balaban J connectivity index is 2.91. The number of aromatic amines is 1. The van der Waals surface area contributed by atoms with Gasteiger partial charge in [-0.2, -0.15) is 0 Å². The molecule has 2 aromatic rings. The number of aryl methyl sites for hydroxylation is 1. The van der Waals surface area contributed by atoms with Crippen LogP contribution in [0.3, 0.4) is 0 Å². The smallest absolute Gasteiger partial charge is 0.142 e. The van der Waals surface area contributed by atoms with Crippen molar-refractivity contribution in [3.05, 3.63) is 24.0 Å². The summed E-state index contributed by atoms with van der Waals surface area (Å²) in [5, 5.41) is 0. The van der Waals surface area contributed by atoms with Crippen molar-refractivity contribution >= 4 is 24.3 Å². The van der Waals surface area contributed by atoms with Gasteiger partial charge >= 0.3 is 0 Å². The fraction of sp³-hybridized carbons (Fsp3) is 0.125. The zero-order valence-electron chi connectivity index (χ0n) is 6.68. The zero-order valence-corrected chi connectivity index (χ0v) is 6.68. The van der Waals surface area contributed by atoms with Gasteiger partial charge in [0.05, 0.1) is 17.4 Å². The van der Waals surface area contributed by atoms with Crippen LogP contribution in [0, 0.1) is 6.92 Å². The summed E-state index contributed by atoms with van der Waals surface area (Å²) in [5.41, 5.74) is 4.73. The third kappa shape index (κ3) is 0.927. The molecule has 0 aliphatic rings. The van der Waals surface area contributed by atoms with E-state index < -0.39 is 0 Å². The normalized spacial score (nSPS) is 10.6. The van der Waals surface area contributed by atoms with E-state index in [1.165, 1.54) is 11.0 Å². The SMILES string of the molecule is Bc1cc(C)cc2nc[nH]c12. The van der Waals surface area contributed by atoms with Gasteiger partial charge in [0.25, 0.3) is 0 Å². The maximum absolute atomic E-state index is 4.18. The van der Waals surface area contributed by atoms with Gasteiger partial charge in [-0.05, 0) is 18.6 Å². The van der Waals surface area contributed by atoms with Gasteiger partial charge in [0.15, 0.2) is 0 Å². The topological polar surface area (TPSA) is 28.7 Å². The van der Waals surface area contributed by atoms with Gasteiger partial charge in [0, 0.05) is 0 Å². The van der Waals surface area contributed by atoms with Crippen molar-refractivity contribution in [1.82, 2.24) is 9.97 Å². The van der Waals surface area contributed by atoms with Crippen LogP contribution < -0.4 is 5.46 Å². The van der Waals surface area contributed by atoms with E-state index in [0.717, 1.165) is 11.0 Å². The lowest BCUT2D eigenvalue weighted by Gasteiger charge is -1.96. The average Bonchev–Trinajstić information content (AvgIpc) is 2.34. The molecule has 1 aromatic carbocycles. The molecule has 0 fully saturated rings. The minimum atomic E-state index is 1.06. The van der Waals surface area contributed by atoms with Crippen LogP contribution in [0.4, 0.5) is 0 Å². The van der Waals surface area contributed by atoms with E-state index in [-0.39, 0.29) is 0 Å². The Kier molecular flexibility index (Phi) is 1.25. The lowest BCUT2D eigenvalue weighted by molar-refractivity contribution is 1.34. The molecule has 0 spiro atoms. The third-order valence-electron chi connectivity index (χ3n) is 1.87. The quantitative estimate of drug-likeness (QED) is 0.523. The highest BCUT2D eigenvalue weighted by Gasteiger charge is 1.98. The molecule has 0 atom stereocenters. The number of aromatic nitrogens is 2. The highest BCUT2D eigenvalue weighted by Crippen LogP contribution is 2.07. The predicted molar refractivity (Wildman–Crippen MR) is 49.0 cm³/mol. The van der Waals surface area contributed by atoms with Crippen molar-refractivity contribution < 1.29 is 0 Å². The van der Waals surface area contributed by atoms with Gasteiger partial charge < -0.3 is 4.98 Å². The Labute approximate surface area is 66.1 Å². The van der Waals surface area contributed by atoms with Crippen molar-refractivity contribution in [1.29, 1.82) is 0 Å². The minimum Gasteiger partial charge on any atom is -0.345 e. The highest BCUT2D eigenvalue weighted by molar-refractivity contribution is 6.38. The number of rotatable bonds is 0. The molecule has 2 rings (SSSR count). The first-order chi connectivity index (χ1) is 5.27. The van der Waals surface area contributed by atoms with Gasteiger partial charge in [0.1, 0.15) is 7.85 Å². The van der Waals surface area contributed by atoms with E-state index in [2.05, 4.69) is 36.9 Å². The molecule has 0 bridgehead atoms. The van der Waals surface area contributed by atoms with E-state index in [1.807, 2.05) is 0 Å². The van der Waals surface area contributed by atoms with Crippen LogP contribution >= 0.6 is 0 Å². The zero-order chi connectivity index (χ0) is 7.84. The number of hydrogen-bond acceptors (Lipinski definition) is 1. The van der Waals surface area contributed by atoms with Crippen LogP contribution in [0.15, 0.2) is 18.5 Å². The van der Waals surface area contributed by atoms with Gasteiger partial charge in [-0.15, -0.1) is 0 Å². The van der Waals surface area contributed by atoms with E-state index in [4.69, 9.17) is 0 Å². The van der Waals surface area contributed by atoms with E-state index in [1.54, 1.807) is 6.33 Å². The number of nitrogens with zero attached hydrogens (tertiary/aromatic N) is 1. The van der Waals surface area contributed by atoms with Crippen LogP contribution in [-0.2, 0) is 0 Å². The van der Waals surface area contributed by atoms with Crippen molar-refractivity contribution in [2.45, 2.75) is 6.92 Å². The Morgan fingerprint density at radius 1 is 1.45 bits per heavy atom. The Hall–Kier alpha value is -1.25. The highest BCUT2D eigenvalue weighted by atomic mass is 14.9. The van der Waals surface area contributed by atoms with Crippen LogP contribution in [0.2, 0.25) is 0 Å². The minimum absolute atomic E-state index is 1.06. The monoisotopic (exact) mass is 144 g/mol. The van der Waals surface area contributed by atoms with Gasteiger partial charge in [-0.3, -0.25) is 0 Å². The van der Waals surface area contributed by atoms with Crippen LogP contribution in [0.1, 0.15) is 5.56 Å². The molecule has 54 valence electrons. The molecule has 0 saturated carbocycles. The summed E-state index contributed by atoms with van der Waals surface area (Å²) in [4.78, 5) is 7.29. The lowest BCUT2D eigenvalue weighted by atomic mass is 9.93. The molecule has 0 saturated heterocycles. The van der Waals surface area contributed by atoms with Gasteiger partial charge in [-0.1, -0.05) is 11.5 Å². The summed E-state index contributed by atoms with van der Waals surface area (Å²) in [6.07, 6.45) is 1.73. The van der Waals surface area contributed by atoms with Crippen LogP contribution in [0.5, 0.6) is 0 Å². The molecule has 0 amide bonds. The van der Waals surface area contributed by atoms with E-state index in [9.17, 15) is 0 Å². The number of benzene rings is 1. The van der Waals surface area contributed by atoms with Crippen molar-refractivity contribution in [3.63, 3.8) is 0 Å². The summed E-state index contributed by atoms with van der Waals surface area (Å²) in [5.74, 6) is 0. The second-order valence-corrected chi connectivity index (χ2v) is 2.88. The van der Waals surface area contributed by atoms with Crippen LogP contribution in [0.25, 0.3) is 11.0 Å². The molecule has 0 aliphatic heterocycles. The molecule has 0 unspecified atom stereocenters. The number of hydrogen-bond donors (Lipinski definition) is 1. The third-order valence-corrected chi connectivity index (χ3v) is 1.87. The van der Waals surface area contributed by atoms with E-state index >= 15 is 0 Å². The maximum Gasteiger partial charge on any atom is 0.142 e. The molecule has 2 nitrogen and oxygen atoms in total. The predicted octanol–water partition coefficient (Wildman–Crippen LogP) is 0.130. The first-order valence-electron chi connectivity index (χ1n) is 3.68. The second-order valence-electron chi connectivity index (χ2n) is 2.88. The summed E-state index contributed by atoms with van der Waals surface area (Å²) in [6, 6.07) is 4.24. The molecule has 0 radical (unpaired) electrons. The first kappa shape index (κ1) is 6.46. The average molecular weight is 144 g/mol. The number of fused-ring (bicyclic) bond motifs is 1. The standard InChI is InChI=1S/C8H9BN2/c1-5-2-6(9)8-7(3-5)10-4-11-8/h2-4H,9H2,1H3,(H,10,11). The molecule has 1 N–H and O–H groups in total. The molecule has 3 heteroatoms. The summed E-state index contributed by atoms with van der Waals surface area (Å²) >= 11 is 0. The van der Waals surface area contributed by atoms with Crippen molar-refractivity contribution in [2.75, 3.05) is 0 Å². The molecule has 1 aromatic heterocycles. The van der Waals surface area contributed by atoms with Gasteiger partial charge in [-0.25, -0.2) is 4.98 Å². The van der Waals surface area contributed by atoms with Crippen molar-refractivity contribution in [2.24, 2.45) is 0 Å². The number of imidazole rings is 1. The molecule has 1 heterocycles. The fourth-order valence-electron chi connectivity index (χ4n) is 1.40. The second kappa shape index (κ2) is 2.12. The Bertz CT molecular complexity index is 392. The molecule has 11 heavy (non-hydrogen) atoms. The molecule has 0 aliphatic carbocycles. The molecular weight excluding hydrogens is 135 g/mol. The van der Waals surface area contributed by atoms with Crippen molar-refractivity contribution in [3.8, 4) is 0 Å². The number of nitrogens with one attached hydrogen (secondary N) is 1. The Morgan fingerprint density at radius 3 is 3.09 bits per heavy atom. The maximum atomic E-state index is 4.18. The molecular formula is C8H9BN2. The lowest BCUT2D eigenvalue weighted by Crippen LogP contribution is -2.04. The summed E-state index contributed by atoms with van der Waals surface area (Å²) < 4.78 is 0. The fourth-order valence-corrected chi connectivity index (χ4v) is 1.40. The first-order valence-corrected chi connectivity index (χ1v) is 3.68. The summed E-state index contributed by atoms with van der Waals surface area (Å²) in [6.45, 7) is 2.08. The largest absolute Gasteiger partial charge is 0.345 e. The number of H-pyrrole nitrogens is 1. The van der Waals surface area contributed by atoms with Gasteiger partial charge in [0.2, 0.25) is 0 Å². The summed E-state index contributed by atoms with van der Waals surface area (Å²) in [7, 11) is 2.09. The van der Waals surface area contributed by atoms with E-state index in [0.29, 0.717) is 0 Å². The van der Waals surface area contributed by atoms with Crippen LogP contribution in [-0.4, -0.2) is 17.8 Å². The Morgan fingerprint density at radius 2 is 2.27 bits per heavy atom.